The van der Waals surface area contributed by atoms with Crippen molar-refractivity contribution in [2.24, 2.45) is 0 Å². The standard InChI is InChI=1S/C7H6O2.C5H12O2/c8-7(9)6-4-2-1-3-5-6;6-4-2-1-3-5-7/h1-5H,(H,8,9);6-7H,1-5H2. The molecule has 4 heteroatoms. The molecular weight excluding hydrogens is 208 g/mol. The van der Waals surface area contributed by atoms with Crippen molar-refractivity contribution in [1.29, 1.82) is 0 Å². The molecular formula is C12H18O4. The Morgan fingerprint density at radius 2 is 1.44 bits per heavy atom. The molecule has 1 aromatic rings. The highest BCUT2D eigenvalue weighted by Gasteiger charge is 1.96. The maximum atomic E-state index is 10.2. The van der Waals surface area contributed by atoms with Gasteiger partial charge < -0.3 is 15.3 Å². The predicted octanol–water partition coefficient (Wildman–Crippen LogP) is 1.53. The zero-order valence-corrected chi connectivity index (χ0v) is 9.17. The fourth-order valence-electron chi connectivity index (χ4n) is 0.981. The van der Waals surface area contributed by atoms with Crippen LogP contribution in [0.1, 0.15) is 29.6 Å². The minimum absolute atomic E-state index is 0.250. The lowest BCUT2D eigenvalue weighted by atomic mass is 10.2. The maximum Gasteiger partial charge on any atom is 0.335 e. The Labute approximate surface area is 95.2 Å². The van der Waals surface area contributed by atoms with E-state index in [0.29, 0.717) is 5.56 Å². The molecule has 1 rings (SSSR count). The van der Waals surface area contributed by atoms with Gasteiger partial charge in [0, 0.05) is 13.2 Å². The highest BCUT2D eigenvalue weighted by molar-refractivity contribution is 5.87. The molecule has 0 aliphatic heterocycles. The van der Waals surface area contributed by atoms with Crippen molar-refractivity contribution in [3.8, 4) is 0 Å². The largest absolute Gasteiger partial charge is 0.478 e. The summed E-state index contributed by atoms with van der Waals surface area (Å²) in [6.07, 6.45) is 2.58. The Kier molecular flexibility index (Phi) is 9.26. The monoisotopic (exact) mass is 226 g/mol. The van der Waals surface area contributed by atoms with Gasteiger partial charge in [0.05, 0.1) is 5.56 Å². The minimum Gasteiger partial charge on any atom is -0.478 e. The number of aliphatic hydroxyl groups excluding tert-OH is 2. The van der Waals surface area contributed by atoms with Crippen LogP contribution in [-0.2, 0) is 0 Å². The Bertz CT molecular complexity index is 268. The summed E-state index contributed by atoms with van der Waals surface area (Å²) >= 11 is 0. The molecule has 0 heterocycles. The van der Waals surface area contributed by atoms with Crippen LogP contribution in [0.5, 0.6) is 0 Å². The van der Waals surface area contributed by atoms with Gasteiger partial charge in [-0.05, 0) is 31.4 Å². The number of carbonyl (C=O) groups is 1. The molecule has 0 spiro atoms. The van der Waals surface area contributed by atoms with Crippen molar-refractivity contribution >= 4 is 5.97 Å². The van der Waals surface area contributed by atoms with Crippen LogP contribution < -0.4 is 0 Å². The molecule has 0 bridgehead atoms. The fourth-order valence-corrected chi connectivity index (χ4v) is 0.981. The van der Waals surface area contributed by atoms with Gasteiger partial charge in [0.1, 0.15) is 0 Å². The summed E-state index contributed by atoms with van der Waals surface area (Å²) in [6.45, 7) is 0.500. The summed E-state index contributed by atoms with van der Waals surface area (Å²) in [5.74, 6) is -0.879. The number of carboxylic acid groups (broad SMARTS) is 1. The second-order valence-corrected chi connectivity index (χ2v) is 3.18. The first kappa shape index (κ1) is 14.6. The maximum absolute atomic E-state index is 10.2. The molecule has 90 valence electrons. The average molecular weight is 226 g/mol. The molecule has 0 saturated carbocycles. The van der Waals surface area contributed by atoms with E-state index in [4.69, 9.17) is 15.3 Å². The first-order valence-electron chi connectivity index (χ1n) is 5.22. The lowest BCUT2D eigenvalue weighted by molar-refractivity contribution is 0.0697. The van der Waals surface area contributed by atoms with Gasteiger partial charge in [0.25, 0.3) is 0 Å². The SMILES string of the molecule is O=C(O)c1ccccc1.OCCCCCO. The van der Waals surface area contributed by atoms with Crippen molar-refractivity contribution in [1.82, 2.24) is 0 Å². The Morgan fingerprint density at radius 1 is 0.938 bits per heavy atom. The Hall–Kier alpha value is -1.39. The zero-order chi connectivity index (χ0) is 12.2. The van der Waals surface area contributed by atoms with Crippen LogP contribution in [0, 0.1) is 0 Å². The summed E-state index contributed by atoms with van der Waals surface area (Å²) in [5.41, 5.74) is 0.331. The van der Waals surface area contributed by atoms with E-state index in [1.165, 1.54) is 0 Å². The summed E-state index contributed by atoms with van der Waals surface area (Å²) in [6, 6.07) is 8.30. The lowest BCUT2D eigenvalue weighted by Crippen LogP contribution is -1.93. The molecule has 4 nitrogen and oxygen atoms in total. The van der Waals surface area contributed by atoms with Gasteiger partial charge in [-0.3, -0.25) is 0 Å². The van der Waals surface area contributed by atoms with Crippen LogP contribution in [0.3, 0.4) is 0 Å². The fraction of sp³-hybridized carbons (Fsp3) is 0.417. The molecule has 0 aliphatic carbocycles. The topological polar surface area (TPSA) is 77.8 Å². The molecule has 16 heavy (non-hydrogen) atoms. The van der Waals surface area contributed by atoms with Crippen LogP contribution in [0.4, 0.5) is 0 Å². The van der Waals surface area contributed by atoms with Crippen molar-refractivity contribution in [3.63, 3.8) is 0 Å². The van der Waals surface area contributed by atoms with E-state index < -0.39 is 5.97 Å². The van der Waals surface area contributed by atoms with E-state index in [9.17, 15) is 4.79 Å². The van der Waals surface area contributed by atoms with E-state index in [2.05, 4.69) is 0 Å². The normalized spacial score (nSPS) is 9.12. The minimum atomic E-state index is -0.879. The van der Waals surface area contributed by atoms with Crippen molar-refractivity contribution in [2.75, 3.05) is 13.2 Å². The number of hydrogen-bond acceptors (Lipinski definition) is 3. The third kappa shape index (κ3) is 7.96. The Balaban J connectivity index is 0.000000293. The molecule has 0 unspecified atom stereocenters. The van der Waals surface area contributed by atoms with Crippen LogP contribution in [-0.4, -0.2) is 34.5 Å². The molecule has 0 atom stereocenters. The van der Waals surface area contributed by atoms with Crippen LogP contribution in [0.25, 0.3) is 0 Å². The molecule has 0 aliphatic rings. The number of aliphatic hydroxyl groups is 2. The molecule has 0 radical (unpaired) electrons. The van der Waals surface area contributed by atoms with E-state index in [-0.39, 0.29) is 13.2 Å². The van der Waals surface area contributed by atoms with Gasteiger partial charge in [-0.15, -0.1) is 0 Å². The van der Waals surface area contributed by atoms with Gasteiger partial charge in [-0.2, -0.15) is 0 Å². The van der Waals surface area contributed by atoms with E-state index in [1.807, 2.05) is 0 Å². The highest BCUT2D eigenvalue weighted by Crippen LogP contribution is 1.96. The quantitative estimate of drug-likeness (QED) is 0.665. The molecule has 0 fully saturated rings. The third-order valence-electron chi connectivity index (χ3n) is 1.84. The van der Waals surface area contributed by atoms with Crippen molar-refractivity contribution in [3.05, 3.63) is 35.9 Å². The number of hydrogen-bond donors (Lipinski definition) is 3. The predicted molar refractivity (Wildman–Crippen MR) is 61.4 cm³/mol. The van der Waals surface area contributed by atoms with Crippen molar-refractivity contribution < 1.29 is 20.1 Å². The van der Waals surface area contributed by atoms with Crippen LogP contribution in [0.15, 0.2) is 30.3 Å². The van der Waals surface area contributed by atoms with Gasteiger partial charge in [0.2, 0.25) is 0 Å². The second-order valence-electron chi connectivity index (χ2n) is 3.18. The number of benzene rings is 1. The molecule has 1 aromatic carbocycles. The summed E-state index contributed by atoms with van der Waals surface area (Å²) in [4.78, 5) is 10.2. The molecule has 0 saturated heterocycles. The third-order valence-corrected chi connectivity index (χ3v) is 1.84. The second kappa shape index (κ2) is 10.1. The van der Waals surface area contributed by atoms with Gasteiger partial charge >= 0.3 is 5.97 Å². The van der Waals surface area contributed by atoms with Gasteiger partial charge in [-0.1, -0.05) is 18.2 Å². The van der Waals surface area contributed by atoms with Crippen LogP contribution in [0.2, 0.25) is 0 Å². The highest BCUT2D eigenvalue weighted by atomic mass is 16.4. The lowest BCUT2D eigenvalue weighted by Gasteiger charge is -1.90. The summed E-state index contributed by atoms with van der Waals surface area (Å²) in [5, 5.41) is 24.8. The van der Waals surface area contributed by atoms with E-state index in [0.717, 1.165) is 19.3 Å². The number of rotatable bonds is 5. The van der Waals surface area contributed by atoms with E-state index in [1.54, 1.807) is 30.3 Å². The zero-order valence-electron chi connectivity index (χ0n) is 9.17. The number of unbranched alkanes of at least 4 members (excludes halogenated alkanes) is 2. The summed E-state index contributed by atoms with van der Waals surface area (Å²) < 4.78 is 0. The summed E-state index contributed by atoms with van der Waals surface area (Å²) in [7, 11) is 0. The van der Waals surface area contributed by atoms with Gasteiger partial charge in [0.15, 0.2) is 0 Å². The van der Waals surface area contributed by atoms with Crippen LogP contribution >= 0.6 is 0 Å². The molecule has 3 N–H and O–H groups in total. The Morgan fingerprint density at radius 3 is 1.75 bits per heavy atom. The molecule has 0 amide bonds. The molecule has 0 aromatic heterocycles. The van der Waals surface area contributed by atoms with Gasteiger partial charge in [-0.25, -0.2) is 4.79 Å². The van der Waals surface area contributed by atoms with Crippen molar-refractivity contribution in [2.45, 2.75) is 19.3 Å². The first-order valence-corrected chi connectivity index (χ1v) is 5.22. The average Bonchev–Trinajstić information content (AvgIpc) is 2.32. The first-order chi connectivity index (χ1) is 7.72. The number of aromatic carboxylic acids is 1. The smallest absolute Gasteiger partial charge is 0.335 e. The van der Waals surface area contributed by atoms with E-state index >= 15 is 0 Å². The number of carboxylic acids is 1.